The fourth-order valence-electron chi connectivity index (χ4n) is 4.20. The summed E-state index contributed by atoms with van der Waals surface area (Å²) in [7, 11) is 0. The summed E-state index contributed by atoms with van der Waals surface area (Å²) >= 11 is 6.48. The predicted octanol–water partition coefficient (Wildman–Crippen LogP) is 4.69. The zero-order valence-electron chi connectivity index (χ0n) is 18.7. The van der Waals surface area contributed by atoms with E-state index in [2.05, 4.69) is 15.5 Å². The van der Waals surface area contributed by atoms with Gasteiger partial charge in [-0.25, -0.2) is 4.79 Å². The Hall–Kier alpha value is -2.58. The van der Waals surface area contributed by atoms with Gasteiger partial charge in [0, 0.05) is 35.7 Å². The van der Waals surface area contributed by atoms with Crippen molar-refractivity contribution in [2.75, 3.05) is 13.2 Å². The van der Waals surface area contributed by atoms with Crippen molar-refractivity contribution >= 4 is 39.5 Å². The topological polar surface area (TPSA) is 98.2 Å². The highest BCUT2D eigenvalue weighted by atomic mass is 35.5. The number of hydrogen-bond acceptors (Lipinski definition) is 5. The first kappa shape index (κ1) is 22.6. The summed E-state index contributed by atoms with van der Waals surface area (Å²) in [4.78, 5) is 25.3. The van der Waals surface area contributed by atoms with E-state index in [1.54, 1.807) is 10.8 Å². The third kappa shape index (κ3) is 4.76. The number of H-pyrrole nitrogens is 1. The average Bonchev–Trinajstić information content (AvgIpc) is 3.23. The summed E-state index contributed by atoms with van der Waals surface area (Å²) in [6.45, 7) is 6.95. The zero-order valence-corrected chi connectivity index (χ0v) is 19.4. The van der Waals surface area contributed by atoms with Gasteiger partial charge in [0.05, 0.1) is 28.7 Å². The number of aromatic nitrogens is 3. The molecule has 3 aromatic rings. The number of halogens is 1. The van der Waals surface area contributed by atoms with E-state index in [0.29, 0.717) is 42.0 Å². The maximum absolute atomic E-state index is 13.4. The Balaban J connectivity index is 1.69. The highest BCUT2D eigenvalue weighted by Gasteiger charge is 2.24. The third-order valence-corrected chi connectivity index (χ3v) is 5.73. The molecule has 32 heavy (non-hydrogen) atoms. The summed E-state index contributed by atoms with van der Waals surface area (Å²) in [5.41, 5.74) is 1.71. The molecular weight excluding hydrogens is 432 g/mol. The number of aromatic amines is 1. The van der Waals surface area contributed by atoms with Crippen molar-refractivity contribution in [3.8, 4) is 0 Å². The Bertz CT molecular complexity index is 1190. The molecule has 3 heterocycles. The predicted molar refractivity (Wildman–Crippen MR) is 124 cm³/mol. The van der Waals surface area contributed by atoms with E-state index in [-0.39, 0.29) is 11.7 Å². The molecule has 9 heteroatoms. The summed E-state index contributed by atoms with van der Waals surface area (Å²) < 4.78 is 13.1. The van der Waals surface area contributed by atoms with Gasteiger partial charge >= 0.3 is 6.09 Å². The molecule has 0 spiro atoms. The number of carbonyl (C=O) groups excluding carboxylic acids is 1. The molecule has 4 rings (SSSR count). The maximum atomic E-state index is 13.4. The first-order valence-corrected chi connectivity index (χ1v) is 11.4. The largest absolute Gasteiger partial charge is 0.444 e. The first-order valence-electron chi connectivity index (χ1n) is 11.0. The lowest BCUT2D eigenvalue weighted by Gasteiger charge is -2.26. The molecule has 1 fully saturated rings. The molecular formula is C23H29ClN4O4. The van der Waals surface area contributed by atoms with Crippen LogP contribution in [0, 0.1) is 0 Å². The molecule has 0 bridgehead atoms. The zero-order chi connectivity index (χ0) is 22.9. The molecule has 8 nitrogen and oxygen atoms in total. The maximum Gasteiger partial charge on any atom is 0.407 e. The number of carbonyl (C=O) groups is 1. The van der Waals surface area contributed by atoms with Crippen LogP contribution in [0.1, 0.15) is 58.1 Å². The second-order valence-corrected chi connectivity index (χ2v) is 9.58. The van der Waals surface area contributed by atoms with E-state index >= 15 is 0 Å². The quantitative estimate of drug-likeness (QED) is 0.538. The Kier molecular flexibility index (Phi) is 6.44. The lowest BCUT2D eigenvalue weighted by atomic mass is 9.97. The van der Waals surface area contributed by atoms with Crippen LogP contribution in [-0.2, 0) is 16.0 Å². The number of benzene rings is 1. The summed E-state index contributed by atoms with van der Waals surface area (Å²) in [5, 5.41) is 11.7. The number of aryl methyl sites for hydroxylation is 1. The van der Waals surface area contributed by atoms with Crippen LogP contribution in [-0.4, -0.2) is 39.6 Å². The second-order valence-electron chi connectivity index (χ2n) is 9.14. The molecule has 1 saturated heterocycles. The van der Waals surface area contributed by atoms with E-state index in [1.807, 2.05) is 32.9 Å². The Labute approximate surface area is 191 Å². The number of hydrogen-bond donors (Lipinski definition) is 2. The number of alkyl carbamates (subject to hydrolysis) is 1. The monoisotopic (exact) mass is 460 g/mol. The van der Waals surface area contributed by atoms with Gasteiger partial charge in [0.15, 0.2) is 0 Å². The fourth-order valence-corrected chi connectivity index (χ4v) is 4.43. The summed E-state index contributed by atoms with van der Waals surface area (Å²) in [6.07, 6.45) is 4.50. The van der Waals surface area contributed by atoms with Crippen molar-refractivity contribution in [1.29, 1.82) is 0 Å². The fraction of sp³-hybridized carbons (Fsp3) is 0.522. The number of ether oxygens (including phenoxy) is 2. The lowest BCUT2D eigenvalue weighted by molar-refractivity contribution is 0.0156. The minimum atomic E-state index is -0.558. The van der Waals surface area contributed by atoms with Crippen molar-refractivity contribution in [3.63, 3.8) is 0 Å². The van der Waals surface area contributed by atoms with Gasteiger partial charge in [-0.3, -0.25) is 9.89 Å². The van der Waals surface area contributed by atoms with Gasteiger partial charge in [-0.2, -0.15) is 5.10 Å². The van der Waals surface area contributed by atoms with Gasteiger partial charge in [-0.1, -0.05) is 11.6 Å². The molecule has 2 N–H and O–H groups in total. The SMILES string of the molecule is CC(C)(C)OC(=O)NCCCn1c(=O)c2cn[nH]c2c2cc(Cl)cc(C3CCCCO3)c21. The number of nitrogens with one attached hydrogen (secondary N) is 2. The molecule has 0 aliphatic carbocycles. The van der Waals surface area contributed by atoms with E-state index in [4.69, 9.17) is 21.1 Å². The van der Waals surface area contributed by atoms with Crippen LogP contribution in [0.4, 0.5) is 4.79 Å². The minimum absolute atomic E-state index is 0.115. The Morgan fingerprint density at radius 3 is 2.88 bits per heavy atom. The van der Waals surface area contributed by atoms with Gasteiger partial charge in [0.25, 0.3) is 5.56 Å². The lowest BCUT2D eigenvalue weighted by Crippen LogP contribution is -2.33. The molecule has 1 unspecified atom stereocenters. The van der Waals surface area contributed by atoms with Crippen molar-refractivity contribution < 1.29 is 14.3 Å². The first-order chi connectivity index (χ1) is 15.2. The molecule has 1 aromatic carbocycles. The van der Waals surface area contributed by atoms with Crippen LogP contribution in [0.2, 0.25) is 5.02 Å². The van der Waals surface area contributed by atoms with Crippen molar-refractivity contribution in [3.05, 3.63) is 39.3 Å². The normalized spacial score (nSPS) is 17.1. The second kappa shape index (κ2) is 9.11. The van der Waals surface area contributed by atoms with Crippen LogP contribution in [0.15, 0.2) is 23.1 Å². The van der Waals surface area contributed by atoms with Gasteiger partial charge in [0.1, 0.15) is 5.60 Å². The van der Waals surface area contributed by atoms with Crippen molar-refractivity contribution in [1.82, 2.24) is 20.1 Å². The van der Waals surface area contributed by atoms with Gasteiger partial charge in [0.2, 0.25) is 0 Å². The van der Waals surface area contributed by atoms with E-state index in [9.17, 15) is 9.59 Å². The molecule has 0 radical (unpaired) electrons. The third-order valence-electron chi connectivity index (χ3n) is 5.51. The highest BCUT2D eigenvalue weighted by Crippen LogP contribution is 2.36. The van der Waals surface area contributed by atoms with E-state index in [1.165, 1.54) is 0 Å². The number of fused-ring (bicyclic) bond motifs is 3. The van der Waals surface area contributed by atoms with Crippen molar-refractivity contribution in [2.45, 2.75) is 64.7 Å². The molecule has 1 aliphatic heterocycles. The molecule has 1 amide bonds. The van der Waals surface area contributed by atoms with Gasteiger partial charge in [-0.15, -0.1) is 0 Å². The highest BCUT2D eigenvalue weighted by molar-refractivity contribution is 6.31. The number of pyridine rings is 1. The van der Waals surface area contributed by atoms with E-state index in [0.717, 1.165) is 35.7 Å². The minimum Gasteiger partial charge on any atom is -0.444 e. The average molecular weight is 461 g/mol. The van der Waals surface area contributed by atoms with Crippen LogP contribution >= 0.6 is 11.6 Å². The molecule has 1 atom stereocenters. The molecule has 0 saturated carbocycles. The smallest absolute Gasteiger partial charge is 0.407 e. The number of rotatable bonds is 5. The van der Waals surface area contributed by atoms with Gasteiger partial charge in [-0.05, 0) is 58.6 Å². The Morgan fingerprint density at radius 2 is 2.16 bits per heavy atom. The summed E-state index contributed by atoms with van der Waals surface area (Å²) in [6, 6.07) is 3.76. The molecule has 1 aliphatic rings. The van der Waals surface area contributed by atoms with Crippen molar-refractivity contribution in [2.24, 2.45) is 0 Å². The van der Waals surface area contributed by atoms with E-state index < -0.39 is 11.7 Å². The number of amides is 1. The van der Waals surface area contributed by atoms with Crippen LogP contribution in [0.5, 0.6) is 0 Å². The number of nitrogens with zero attached hydrogens (tertiary/aromatic N) is 2. The van der Waals surface area contributed by atoms with Crippen LogP contribution in [0.25, 0.3) is 21.8 Å². The Morgan fingerprint density at radius 1 is 1.34 bits per heavy atom. The molecule has 2 aromatic heterocycles. The standard InChI is InChI=1S/C23H29ClN4O4/c1-23(2,3)32-22(30)25-8-6-9-28-20-15(18-7-4-5-10-31-18)11-14(24)12-16(20)19-17(21(28)29)13-26-27-19/h11-13,18H,4-10H2,1-3H3,(H,25,30)(H,26,27). The molecule has 172 valence electrons. The van der Waals surface area contributed by atoms with Crippen LogP contribution < -0.4 is 10.9 Å². The van der Waals surface area contributed by atoms with Crippen LogP contribution in [0.3, 0.4) is 0 Å². The summed E-state index contributed by atoms with van der Waals surface area (Å²) in [5.74, 6) is 0. The van der Waals surface area contributed by atoms with Gasteiger partial charge < -0.3 is 19.4 Å².